The largest absolute Gasteiger partial charge is 0.370 e. The Morgan fingerprint density at radius 1 is 1.37 bits per heavy atom. The van der Waals surface area contributed by atoms with Crippen LogP contribution in [0.1, 0.15) is 22.9 Å². The van der Waals surface area contributed by atoms with Gasteiger partial charge in [0.05, 0.1) is 6.20 Å². The second kappa shape index (κ2) is 5.14. The van der Waals surface area contributed by atoms with E-state index in [0.717, 1.165) is 22.5 Å². The normalized spacial score (nSPS) is 12.2. The quantitative estimate of drug-likeness (QED) is 0.876. The summed E-state index contributed by atoms with van der Waals surface area (Å²) in [4.78, 5) is 11.7. The molecule has 2 aromatic rings. The summed E-state index contributed by atoms with van der Waals surface area (Å²) in [5.41, 5.74) is 9.19. The summed E-state index contributed by atoms with van der Waals surface area (Å²) in [6.07, 6.45) is 1.68. The van der Waals surface area contributed by atoms with Crippen molar-refractivity contribution in [1.29, 1.82) is 0 Å². The van der Waals surface area contributed by atoms with Crippen molar-refractivity contribution in [2.75, 3.05) is 5.32 Å². The summed E-state index contributed by atoms with van der Waals surface area (Å²) in [5, 5.41) is 7.34. The third-order valence-electron chi connectivity index (χ3n) is 3.31. The minimum absolute atomic E-state index is 0.417. The molecule has 19 heavy (non-hydrogen) atoms. The van der Waals surface area contributed by atoms with Crippen molar-refractivity contribution in [3.05, 3.63) is 47.3 Å². The van der Waals surface area contributed by atoms with Crippen LogP contribution in [0.4, 0.5) is 5.69 Å². The number of aromatic nitrogens is 2. The molecular formula is C14H18N4O. The SMILES string of the molecule is Cc1ccccc1NC(C(N)=O)c1cnn(C)c1C. The topological polar surface area (TPSA) is 72.9 Å². The van der Waals surface area contributed by atoms with E-state index in [1.807, 2.05) is 45.2 Å². The standard InChI is InChI=1S/C14H18N4O/c1-9-6-4-5-7-12(9)17-13(14(15)19)11-8-16-18(3)10(11)2/h4-8,13,17H,1-3H3,(H2,15,19). The number of primary amides is 1. The Hall–Kier alpha value is -2.30. The lowest BCUT2D eigenvalue weighted by atomic mass is 10.1. The van der Waals surface area contributed by atoms with Crippen LogP contribution in [0, 0.1) is 13.8 Å². The van der Waals surface area contributed by atoms with Crippen LogP contribution in [0.3, 0.4) is 0 Å². The lowest BCUT2D eigenvalue weighted by Crippen LogP contribution is -2.28. The van der Waals surface area contributed by atoms with Gasteiger partial charge in [0.1, 0.15) is 6.04 Å². The number of nitrogens with zero attached hydrogens (tertiary/aromatic N) is 2. The van der Waals surface area contributed by atoms with Crippen LogP contribution in [0.5, 0.6) is 0 Å². The van der Waals surface area contributed by atoms with Crippen molar-refractivity contribution in [3.8, 4) is 0 Å². The van der Waals surface area contributed by atoms with Crippen LogP contribution >= 0.6 is 0 Å². The number of benzene rings is 1. The molecule has 0 radical (unpaired) electrons. The summed E-state index contributed by atoms with van der Waals surface area (Å²) in [6.45, 7) is 3.90. The molecule has 0 spiro atoms. The Morgan fingerprint density at radius 2 is 2.05 bits per heavy atom. The molecule has 0 aliphatic carbocycles. The average molecular weight is 258 g/mol. The Morgan fingerprint density at radius 3 is 2.58 bits per heavy atom. The molecule has 0 saturated heterocycles. The van der Waals surface area contributed by atoms with Crippen molar-refractivity contribution >= 4 is 11.6 Å². The molecule has 0 aliphatic rings. The van der Waals surface area contributed by atoms with E-state index in [9.17, 15) is 4.79 Å². The Bertz CT molecular complexity index is 603. The third kappa shape index (κ3) is 2.59. The van der Waals surface area contributed by atoms with Gasteiger partial charge in [-0.1, -0.05) is 18.2 Å². The molecule has 3 N–H and O–H groups in total. The first-order valence-corrected chi connectivity index (χ1v) is 6.10. The molecule has 1 atom stereocenters. The van der Waals surface area contributed by atoms with E-state index >= 15 is 0 Å². The first kappa shape index (κ1) is 13.1. The molecule has 0 aliphatic heterocycles. The van der Waals surface area contributed by atoms with Crippen LogP contribution in [0.25, 0.3) is 0 Å². The van der Waals surface area contributed by atoms with E-state index < -0.39 is 11.9 Å². The second-order valence-electron chi connectivity index (χ2n) is 4.60. The van der Waals surface area contributed by atoms with Crippen molar-refractivity contribution < 1.29 is 4.79 Å². The number of carbonyl (C=O) groups excluding carboxylic acids is 1. The lowest BCUT2D eigenvalue weighted by Gasteiger charge is -2.18. The van der Waals surface area contributed by atoms with Gasteiger partial charge in [-0.25, -0.2) is 0 Å². The first-order valence-electron chi connectivity index (χ1n) is 6.10. The molecule has 2 rings (SSSR count). The van der Waals surface area contributed by atoms with Gasteiger partial charge < -0.3 is 11.1 Å². The predicted octanol–water partition coefficient (Wildman–Crippen LogP) is 1.68. The minimum atomic E-state index is -0.574. The number of nitrogens with two attached hydrogens (primary N) is 1. The fourth-order valence-electron chi connectivity index (χ4n) is 1.99. The summed E-state index contributed by atoms with van der Waals surface area (Å²) < 4.78 is 1.73. The van der Waals surface area contributed by atoms with Gasteiger partial charge in [0.25, 0.3) is 0 Å². The molecule has 1 unspecified atom stereocenters. The van der Waals surface area contributed by atoms with Crippen LogP contribution in [-0.4, -0.2) is 15.7 Å². The van der Waals surface area contributed by atoms with Crippen molar-refractivity contribution in [1.82, 2.24) is 9.78 Å². The summed E-state index contributed by atoms with van der Waals surface area (Å²) in [6, 6.07) is 7.21. The van der Waals surface area contributed by atoms with Crippen molar-refractivity contribution in [2.45, 2.75) is 19.9 Å². The number of hydrogen-bond donors (Lipinski definition) is 2. The van der Waals surface area contributed by atoms with Gasteiger partial charge in [-0.3, -0.25) is 9.48 Å². The average Bonchev–Trinajstić information content (AvgIpc) is 2.69. The van der Waals surface area contributed by atoms with E-state index in [-0.39, 0.29) is 0 Å². The zero-order chi connectivity index (χ0) is 14.0. The highest BCUT2D eigenvalue weighted by Gasteiger charge is 2.22. The molecule has 1 aromatic heterocycles. The van der Waals surface area contributed by atoms with Gasteiger partial charge >= 0.3 is 0 Å². The highest BCUT2D eigenvalue weighted by Crippen LogP contribution is 2.23. The molecule has 0 bridgehead atoms. The first-order chi connectivity index (χ1) is 9.00. The lowest BCUT2D eigenvalue weighted by molar-refractivity contribution is -0.118. The van der Waals surface area contributed by atoms with Gasteiger partial charge in [0.2, 0.25) is 5.91 Å². The molecule has 0 fully saturated rings. The number of para-hydroxylation sites is 1. The number of amides is 1. The van der Waals surface area contributed by atoms with E-state index in [0.29, 0.717) is 0 Å². The maximum absolute atomic E-state index is 11.7. The van der Waals surface area contributed by atoms with E-state index in [1.165, 1.54) is 0 Å². The van der Waals surface area contributed by atoms with Crippen molar-refractivity contribution in [2.24, 2.45) is 12.8 Å². The Labute approximate surface area is 112 Å². The third-order valence-corrected chi connectivity index (χ3v) is 3.31. The van der Waals surface area contributed by atoms with Crippen LogP contribution in [-0.2, 0) is 11.8 Å². The highest BCUT2D eigenvalue weighted by molar-refractivity contribution is 5.85. The zero-order valence-corrected chi connectivity index (χ0v) is 11.3. The molecule has 5 heteroatoms. The van der Waals surface area contributed by atoms with Crippen LogP contribution < -0.4 is 11.1 Å². The Kier molecular flexibility index (Phi) is 3.55. The Balaban J connectivity index is 2.35. The van der Waals surface area contributed by atoms with E-state index in [4.69, 9.17) is 5.73 Å². The number of anilines is 1. The molecular weight excluding hydrogens is 240 g/mol. The van der Waals surface area contributed by atoms with E-state index in [2.05, 4.69) is 10.4 Å². The highest BCUT2D eigenvalue weighted by atomic mass is 16.1. The van der Waals surface area contributed by atoms with Crippen molar-refractivity contribution in [3.63, 3.8) is 0 Å². The minimum Gasteiger partial charge on any atom is -0.370 e. The summed E-state index contributed by atoms with van der Waals surface area (Å²) in [7, 11) is 1.84. The number of aryl methyl sites for hydroxylation is 2. The van der Waals surface area contributed by atoms with Gasteiger partial charge in [0, 0.05) is 24.0 Å². The van der Waals surface area contributed by atoms with Gasteiger partial charge in [-0.2, -0.15) is 5.10 Å². The smallest absolute Gasteiger partial charge is 0.244 e. The molecule has 100 valence electrons. The number of hydrogen-bond acceptors (Lipinski definition) is 3. The summed E-state index contributed by atoms with van der Waals surface area (Å²) in [5.74, 6) is -0.417. The number of nitrogens with one attached hydrogen (secondary N) is 1. The van der Waals surface area contributed by atoms with Crippen LogP contribution in [0.15, 0.2) is 30.5 Å². The maximum atomic E-state index is 11.7. The fraction of sp³-hybridized carbons (Fsp3) is 0.286. The predicted molar refractivity (Wildman–Crippen MR) is 74.7 cm³/mol. The van der Waals surface area contributed by atoms with Gasteiger partial charge in [-0.05, 0) is 25.5 Å². The second-order valence-corrected chi connectivity index (χ2v) is 4.60. The monoisotopic (exact) mass is 258 g/mol. The van der Waals surface area contributed by atoms with E-state index in [1.54, 1.807) is 10.9 Å². The molecule has 5 nitrogen and oxygen atoms in total. The molecule has 1 heterocycles. The van der Waals surface area contributed by atoms with Gasteiger partial charge in [-0.15, -0.1) is 0 Å². The van der Waals surface area contributed by atoms with Gasteiger partial charge in [0.15, 0.2) is 0 Å². The number of rotatable bonds is 4. The molecule has 1 amide bonds. The molecule has 1 aromatic carbocycles. The fourth-order valence-corrected chi connectivity index (χ4v) is 1.99. The number of carbonyl (C=O) groups is 1. The summed E-state index contributed by atoms with van der Waals surface area (Å²) >= 11 is 0. The zero-order valence-electron chi connectivity index (χ0n) is 11.3. The maximum Gasteiger partial charge on any atom is 0.244 e. The van der Waals surface area contributed by atoms with Crippen LogP contribution in [0.2, 0.25) is 0 Å². The molecule has 0 saturated carbocycles.